The molecule has 0 radical (unpaired) electrons. The van der Waals surface area contributed by atoms with Crippen LogP contribution in [-0.4, -0.2) is 7.11 Å². The topological polar surface area (TPSA) is 9.23 Å². The van der Waals surface area contributed by atoms with Gasteiger partial charge in [-0.15, -0.1) is 0 Å². The Morgan fingerprint density at radius 1 is 1.25 bits per heavy atom. The van der Waals surface area contributed by atoms with Gasteiger partial charge >= 0.3 is 0 Å². The van der Waals surface area contributed by atoms with Crippen LogP contribution in [0.1, 0.15) is 21.5 Å². The minimum atomic E-state index is -0.421. The van der Waals surface area contributed by atoms with Crippen LogP contribution in [0.25, 0.3) is 0 Å². The zero-order valence-electron chi connectivity index (χ0n) is 10.9. The number of halogens is 4. The van der Waals surface area contributed by atoms with Gasteiger partial charge in [0.25, 0.3) is 0 Å². The fourth-order valence-electron chi connectivity index (χ4n) is 1.93. The fraction of sp³-hybridized carbons (Fsp3) is 0.200. The molecule has 20 heavy (non-hydrogen) atoms. The molecule has 0 amide bonds. The van der Waals surface area contributed by atoms with Gasteiger partial charge in [-0.05, 0) is 30.7 Å². The first kappa shape index (κ1) is 15.8. The van der Waals surface area contributed by atoms with Crippen LogP contribution in [0.5, 0.6) is 5.75 Å². The van der Waals surface area contributed by atoms with E-state index < -0.39 is 5.82 Å². The normalized spacial score (nSPS) is 12.3. The summed E-state index contributed by atoms with van der Waals surface area (Å²) in [7, 11) is 1.60. The number of hydrogen-bond donors (Lipinski definition) is 0. The van der Waals surface area contributed by atoms with E-state index in [1.165, 1.54) is 6.07 Å². The Hall–Kier alpha value is -0.580. The Bertz CT molecular complexity index is 646. The van der Waals surface area contributed by atoms with E-state index in [2.05, 4.69) is 31.9 Å². The molecule has 1 nitrogen and oxygen atoms in total. The van der Waals surface area contributed by atoms with Gasteiger partial charge in [0.1, 0.15) is 11.6 Å². The number of hydrogen-bond acceptors (Lipinski definition) is 1. The lowest BCUT2D eigenvalue weighted by Gasteiger charge is -2.17. The van der Waals surface area contributed by atoms with Gasteiger partial charge in [0.05, 0.1) is 17.0 Å². The summed E-state index contributed by atoms with van der Waals surface area (Å²) in [6, 6.07) is 8.80. The Balaban J connectivity index is 2.55. The number of ether oxygens (including phenoxy) is 1. The molecule has 0 heterocycles. The predicted octanol–water partition coefficient (Wildman–Crippen LogP) is 6.04. The molecule has 0 aliphatic carbocycles. The van der Waals surface area contributed by atoms with E-state index in [1.807, 2.05) is 19.1 Å². The van der Waals surface area contributed by atoms with E-state index in [0.29, 0.717) is 11.3 Å². The summed E-state index contributed by atoms with van der Waals surface area (Å²) in [5, 5.41) is 0.108. The Morgan fingerprint density at radius 2 is 1.95 bits per heavy atom. The summed E-state index contributed by atoms with van der Waals surface area (Å²) in [6.45, 7) is 1.97. The first-order valence-corrected chi connectivity index (χ1v) is 7.96. The van der Waals surface area contributed by atoms with E-state index in [-0.39, 0.29) is 9.85 Å². The standard InChI is InChI=1S/C15H12Br2ClFO/c1-8-6-13(20-2)10(7-11(8)16)14(17)9-4-3-5-12(18)15(9)19/h3-7,14H,1-2H3. The molecule has 1 unspecified atom stereocenters. The van der Waals surface area contributed by atoms with Gasteiger partial charge in [-0.1, -0.05) is 55.6 Å². The van der Waals surface area contributed by atoms with Gasteiger partial charge in [0, 0.05) is 15.6 Å². The first-order chi connectivity index (χ1) is 9.45. The highest BCUT2D eigenvalue weighted by Crippen LogP contribution is 2.41. The smallest absolute Gasteiger partial charge is 0.146 e. The van der Waals surface area contributed by atoms with E-state index in [0.717, 1.165) is 15.6 Å². The Labute approximate surface area is 139 Å². The summed E-state index contributed by atoms with van der Waals surface area (Å²) in [4.78, 5) is -0.340. The molecule has 2 rings (SSSR count). The number of benzene rings is 2. The van der Waals surface area contributed by atoms with Crippen LogP contribution < -0.4 is 4.74 Å². The maximum atomic E-state index is 14.1. The molecule has 0 aromatic heterocycles. The highest BCUT2D eigenvalue weighted by molar-refractivity contribution is 9.10. The number of alkyl halides is 1. The first-order valence-electron chi connectivity index (χ1n) is 5.87. The van der Waals surface area contributed by atoms with Gasteiger partial charge in [-0.3, -0.25) is 0 Å². The van der Waals surface area contributed by atoms with Crippen molar-refractivity contribution in [1.29, 1.82) is 0 Å². The molecule has 0 fully saturated rings. The second kappa shape index (κ2) is 6.46. The van der Waals surface area contributed by atoms with Crippen LogP contribution in [0.3, 0.4) is 0 Å². The SMILES string of the molecule is COc1cc(C)c(Br)cc1C(Br)c1cccc(Cl)c1F. The van der Waals surface area contributed by atoms with Gasteiger partial charge in [-0.2, -0.15) is 0 Å². The van der Waals surface area contributed by atoms with Crippen molar-refractivity contribution in [3.8, 4) is 5.75 Å². The average Bonchev–Trinajstić information content (AvgIpc) is 2.43. The zero-order chi connectivity index (χ0) is 14.9. The Morgan fingerprint density at radius 3 is 2.60 bits per heavy atom. The molecule has 106 valence electrons. The highest BCUT2D eigenvalue weighted by atomic mass is 79.9. The van der Waals surface area contributed by atoms with Crippen LogP contribution in [-0.2, 0) is 0 Å². The molecular weight excluding hydrogens is 410 g/mol. The number of rotatable bonds is 3. The predicted molar refractivity (Wildman–Crippen MR) is 87.6 cm³/mol. The second-order valence-electron chi connectivity index (χ2n) is 4.35. The summed E-state index contributed by atoms with van der Waals surface area (Å²) >= 11 is 12.9. The molecule has 0 spiro atoms. The minimum Gasteiger partial charge on any atom is -0.496 e. The maximum Gasteiger partial charge on any atom is 0.146 e. The van der Waals surface area contributed by atoms with Crippen molar-refractivity contribution in [3.63, 3.8) is 0 Å². The van der Waals surface area contributed by atoms with Crippen molar-refractivity contribution in [1.82, 2.24) is 0 Å². The quantitative estimate of drug-likeness (QED) is 0.548. The third-order valence-corrected chi connectivity index (χ3v) is 5.17. The molecule has 0 aliphatic rings. The van der Waals surface area contributed by atoms with Gasteiger partial charge in [0.15, 0.2) is 0 Å². The molecule has 5 heteroatoms. The molecule has 1 atom stereocenters. The zero-order valence-corrected chi connectivity index (χ0v) is 14.8. The van der Waals surface area contributed by atoms with E-state index in [4.69, 9.17) is 16.3 Å². The second-order valence-corrected chi connectivity index (χ2v) is 6.53. The molecule has 2 aromatic rings. The van der Waals surface area contributed by atoms with Crippen molar-refractivity contribution >= 4 is 43.5 Å². The molecule has 0 N–H and O–H groups in total. The molecule has 0 aliphatic heterocycles. The largest absolute Gasteiger partial charge is 0.496 e. The van der Waals surface area contributed by atoms with Gasteiger partial charge < -0.3 is 4.74 Å². The Kier molecular flexibility index (Phi) is 5.10. The molecule has 0 saturated heterocycles. The van der Waals surface area contributed by atoms with Crippen molar-refractivity contribution in [3.05, 3.63) is 62.3 Å². The van der Waals surface area contributed by atoms with Crippen LogP contribution in [0.2, 0.25) is 5.02 Å². The molecular formula is C15H12Br2ClFO. The molecule has 0 saturated carbocycles. The van der Waals surface area contributed by atoms with Crippen LogP contribution >= 0.6 is 43.5 Å². The maximum absolute atomic E-state index is 14.1. The summed E-state index contributed by atoms with van der Waals surface area (Å²) in [5.41, 5.74) is 2.37. The van der Waals surface area contributed by atoms with Gasteiger partial charge in [0.2, 0.25) is 0 Å². The van der Waals surface area contributed by atoms with E-state index in [1.54, 1.807) is 19.2 Å². The van der Waals surface area contributed by atoms with Crippen molar-refractivity contribution in [2.24, 2.45) is 0 Å². The van der Waals surface area contributed by atoms with Crippen LogP contribution in [0, 0.1) is 12.7 Å². The summed E-state index contributed by atoms with van der Waals surface area (Å²) in [5.74, 6) is 0.279. The van der Waals surface area contributed by atoms with Crippen LogP contribution in [0.15, 0.2) is 34.8 Å². The van der Waals surface area contributed by atoms with Crippen molar-refractivity contribution in [2.75, 3.05) is 7.11 Å². The summed E-state index contributed by atoms with van der Waals surface area (Å²) in [6.07, 6.45) is 0. The lowest BCUT2D eigenvalue weighted by molar-refractivity contribution is 0.410. The third kappa shape index (κ3) is 3.02. The number of methoxy groups -OCH3 is 1. The highest BCUT2D eigenvalue weighted by Gasteiger charge is 2.21. The monoisotopic (exact) mass is 420 g/mol. The third-order valence-electron chi connectivity index (χ3n) is 3.04. The molecule has 0 bridgehead atoms. The minimum absolute atomic E-state index is 0.108. The average molecular weight is 423 g/mol. The van der Waals surface area contributed by atoms with Crippen molar-refractivity contribution < 1.29 is 9.13 Å². The van der Waals surface area contributed by atoms with Crippen LogP contribution in [0.4, 0.5) is 4.39 Å². The fourth-order valence-corrected chi connectivity index (χ4v) is 3.18. The van der Waals surface area contributed by atoms with Gasteiger partial charge in [-0.25, -0.2) is 4.39 Å². The van der Waals surface area contributed by atoms with E-state index >= 15 is 0 Å². The van der Waals surface area contributed by atoms with Crippen molar-refractivity contribution in [2.45, 2.75) is 11.8 Å². The summed E-state index contributed by atoms with van der Waals surface area (Å²) < 4.78 is 20.5. The molecule has 2 aromatic carbocycles. The number of aryl methyl sites for hydroxylation is 1. The van der Waals surface area contributed by atoms with E-state index in [9.17, 15) is 4.39 Å². The lowest BCUT2D eigenvalue weighted by Crippen LogP contribution is -2.01. The lowest BCUT2D eigenvalue weighted by atomic mass is 10.0.